The maximum Gasteiger partial charge on any atom is 0.251 e. The fourth-order valence-corrected chi connectivity index (χ4v) is 1.83. The highest BCUT2D eigenvalue weighted by atomic mass is 16.1. The van der Waals surface area contributed by atoms with Crippen molar-refractivity contribution in [2.45, 2.75) is 39.7 Å². The standard InChI is InChI=1S/C15H25N3O/c1-6-15(3,4)18(5)13-9-8-11(10-12(13)16)14(19)17-7-2/h8-10H,6-7,16H2,1-5H3,(H,17,19). The van der Waals surface area contributed by atoms with Gasteiger partial charge < -0.3 is 16.0 Å². The molecule has 1 amide bonds. The number of hydrogen-bond donors (Lipinski definition) is 2. The molecule has 19 heavy (non-hydrogen) atoms. The molecule has 0 aromatic heterocycles. The van der Waals surface area contributed by atoms with Crippen LogP contribution in [-0.2, 0) is 0 Å². The van der Waals surface area contributed by atoms with Crippen LogP contribution in [0.1, 0.15) is 44.5 Å². The molecule has 0 aliphatic carbocycles. The Hall–Kier alpha value is -1.71. The molecule has 1 aromatic rings. The molecule has 1 rings (SSSR count). The van der Waals surface area contributed by atoms with Crippen LogP contribution in [0.2, 0.25) is 0 Å². The Kier molecular flexibility index (Phi) is 4.81. The topological polar surface area (TPSA) is 58.4 Å². The Morgan fingerprint density at radius 1 is 1.37 bits per heavy atom. The Labute approximate surface area is 116 Å². The van der Waals surface area contributed by atoms with Crippen LogP contribution in [0.25, 0.3) is 0 Å². The molecular weight excluding hydrogens is 238 g/mol. The van der Waals surface area contributed by atoms with E-state index in [0.29, 0.717) is 17.8 Å². The minimum Gasteiger partial charge on any atom is -0.397 e. The molecule has 4 nitrogen and oxygen atoms in total. The second-order valence-electron chi connectivity index (χ2n) is 5.36. The fourth-order valence-electron chi connectivity index (χ4n) is 1.83. The van der Waals surface area contributed by atoms with Gasteiger partial charge in [0.15, 0.2) is 0 Å². The van der Waals surface area contributed by atoms with Crippen molar-refractivity contribution in [1.82, 2.24) is 5.32 Å². The van der Waals surface area contributed by atoms with Crippen molar-refractivity contribution in [3.05, 3.63) is 23.8 Å². The molecule has 4 heteroatoms. The number of carbonyl (C=O) groups excluding carboxylic acids is 1. The molecule has 3 N–H and O–H groups in total. The van der Waals surface area contributed by atoms with E-state index in [1.807, 2.05) is 26.1 Å². The predicted octanol–water partition coefficient (Wildman–Crippen LogP) is 2.64. The van der Waals surface area contributed by atoms with Gasteiger partial charge in [-0.15, -0.1) is 0 Å². The van der Waals surface area contributed by atoms with Gasteiger partial charge in [-0.3, -0.25) is 4.79 Å². The van der Waals surface area contributed by atoms with Crippen LogP contribution in [0, 0.1) is 0 Å². The van der Waals surface area contributed by atoms with E-state index in [4.69, 9.17) is 5.73 Å². The summed E-state index contributed by atoms with van der Waals surface area (Å²) in [5.74, 6) is -0.0850. The highest BCUT2D eigenvalue weighted by molar-refractivity contribution is 5.96. The van der Waals surface area contributed by atoms with Gasteiger partial charge in [-0.25, -0.2) is 0 Å². The number of carbonyl (C=O) groups is 1. The largest absolute Gasteiger partial charge is 0.397 e. The van der Waals surface area contributed by atoms with Crippen molar-refractivity contribution < 1.29 is 4.79 Å². The Bertz CT molecular complexity index is 455. The number of nitrogens with one attached hydrogen (secondary N) is 1. The summed E-state index contributed by atoms with van der Waals surface area (Å²) in [7, 11) is 2.03. The van der Waals surface area contributed by atoms with Crippen LogP contribution in [0.4, 0.5) is 11.4 Å². The molecule has 0 spiro atoms. The van der Waals surface area contributed by atoms with Crippen LogP contribution in [-0.4, -0.2) is 25.0 Å². The molecule has 0 aliphatic heterocycles. The SMILES string of the molecule is CCNC(=O)c1ccc(N(C)C(C)(C)CC)c(N)c1. The third-order valence-electron chi connectivity index (χ3n) is 3.76. The Balaban J connectivity index is 3.04. The van der Waals surface area contributed by atoms with E-state index in [9.17, 15) is 4.79 Å². The number of rotatable bonds is 5. The first-order valence-corrected chi connectivity index (χ1v) is 6.75. The van der Waals surface area contributed by atoms with Gasteiger partial charge in [0.1, 0.15) is 0 Å². The summed E-state index contributed by atoms with van der Waals surface area (Å²) in [5.41, 5.74) is 8.31. The summed E-state index contributed by atoms with van der Waals surface area (Å²) in [6.07, 6.45) is 1.01. The van der Waals surface area contributed by atoms with Gasteiger partial charge in [-0.1, -0.05) is 6.92 Å². The van der Waals surface area contributed by atoms with E-state index in [2.05, 4.69) is 31.0 Å². The third-order valence-corrected chi connectivity index (χ3v) is 3.76. The van der Waals surface area contributed by atoms with E-state index in [-0.39, 0.29) is 11.4 Å². The third kappa shape index (κ3) is 3.40. The van der Waals surface area contributed by atoms with E-state index >= 15 is 0 Å². The maximum atomic E-state index is 11.8. The van der Waals surface area contributed by atoms with Crippen molar-refractivity contribution in [2.24, 2.45) is 0 Å². The molecule has 1 aromatic carbocycles. The number of amides is 1. The van der Waals surface area contributed by atoms with Crippen molar-refractivity contribution in [1.29, 1.82) is 0 Å². The van der Waals surface area contributed by atoms with Crippen LogP contribution in [0.15, 0.2) is 18.2 Å². The molecule has 0 atom stereocenters. The highest BCUT2D eigenvalue weighted by Gasteiger charge is 2.23. The van der Waals surface area contributed by atoms with Gasteiger partial charge in [-0.2, -0.15) is 0 Å². The molecule has 0 radical (unpaired) electrons. The summed E-state index contributed by atoms with van der Waals surface area (Å²) in [5, 5.41) is 2.77. The van der Waals surface area contributed by atoms with Crippen LogP contribution in [0.5, 0.6) is 0 Å². The lowest BCUT2D eigenvalue weighted by Crippen LogP contribution is -2.41. The fraction of sp³-hybridized carbons (Fsp3) is 0.533. The lowest BCUT2D eigenvalue weighted by atomic mass is 9.98. The van der Waals surface area contributed by atoms with Crippen molar-refractivity contribution in [3.63, 3.8) is 0 Å². The second-order valence-corrected chi connectivity index (χ2v) is 5.36. The summed E-state index contributed by atoms with van der Waals surface area (Å²) >= 11 is 0. The molecule has 0 aliphatic rings. The zero-order valence-electron chi connectivity index (χ0n) is 12.6. The van der Waals surface area contributed by atoms with Crippen LogP contribution in [0.3, 0.4) is 0 Å². The lowest BCUT2D eigenvalue weighted by molar-refractivity contribution is 0.0956. The molecular formula is C15H25N3O. The number of nitrogens with zero attached hydrogens (tertiary/aromatic N) is 1. The molecule has 0 fully saturated rings. The van der Waals surface area contributed by atoms with Crippen molar-refractivity contribution in [3.8, 4) is 0 Å². The van der Waals surface area contributed by atoms with Gasteiger partial charge in [0.05, 0.1) is 11.4 Å². The number of anilines is 2. The minimum absolute atomic E-state index is 0.0291. The normalized spacial score (nSPS) is 11.2. The van der Waals surface area contributed by atoms with Gasteiger partial charge in [0.2, 0.25) is 0 Å². The van der Waals surface area contributed by atoms with Gasteiger partial charge >= 0.3 is 0 Å². The Morgan fingerprint density at radius 2 is 2.00 bits per heavy atom. The minimum atomic E-state index is -0.0850. The van der Waals surface area contributed by atoms with Crippen molar-refractivity contribution in [2.75, 3.05) is 24.2 Å². The summed E-state index contributed by atoms with van der Waals surface area (Å²) in [4.78, 5) is 13.9. The quantitative estimate of drug-likeness (QED) is 0.803. The first-order chi connectivity index (χ1) is 8.83. The van der Waals surface area contributed by atoms with Gasteiger partial charge in [-0.05, 0) is 45.4 Å². The van der Waals surface area contributed by atoms with Crippen LogP contribution >= 0.6 is 0 Å². The molecule has 0 heterocycles. The van der Waals surface area contributed by atoms with Crippen molar-refractivity contribution >= 4 is 17.3 Å². The molecule has 0 unspecified atom stereocenters. The Morgan fingerprint density at radius 3 is 2.47 bits per heavy atom. The first kappa shape index (κ1) is 15.3. The first-order valence-electron chi connectivity index (χ1n) is 6.75. The van der Waals surface area contributed by atoms with E-state index < -0.39 is 0 Å². The molecule has 0 saturated heterocycles. The zero-order chi connectivity index (χ0) is 14.6. The smallest absolute Gasteiger partial charge is 0.251 e. The number of nitrogens with two attached hydrogens (primary N) is 1. The molecule has 106 valence electrons. The van der Waals surface area contributed by atoms with Gasteiger partial charge in [0.25, 0.3) is 5.91 Å². The lowest BCUT2D eigenvalue weighted by Gasteiger charge is -2.37. The van der Waals surface area contributed by atoms with Crippen LogP contribution < -0.4 is 16.0 Å². The average molecular weight is 263 g/mol. The van der Waals surface area contributed by atoms with Gasteiger partial charge in [0, 0.05) is 24.7 Å². The summed E-state index contributed by atoms with van der Waals surface area (Å²) < 4.78 is 0. The average Bonchev–Trinajstić information content (AvgIpc) is 2.38. The predicted molar refractivity (Wildman–Crippen MR) is 81.6 cm³/mol. The zero-order valence-corrected chi connectivity index (χ0v) is 12.6. The molecule has 0 bridgehead atoms. The molecule has 0 saturated carbocycles. The number of nitrogen functional groups attached to an aromatic ring is 1. The highest BCUT2D eigenvalue weighted by Crippen LogP contribution is 2.30. The van der Waals surface area contributed by atoms with E-state index in [1.54, 1.807) is 6.07 Å². The van der Waals surface area contributed by atoms with E-state index in [1.165, 1.54) is 0 Å². The second kappa shape index (κ2) is 5.95. The summed E-state index contributed by atoms with van der Waals surface area (Å²) in [6, 6.07) is 5.47. The summed E-state index contributed by atoms with van der Waals surface area (Å²) in [6.45, 7) is 9.00. The van der Waals surface area contributed by atoms with E-state index in [0.717, 1.165) is 12.1 Å². The number of benzene rings is 1. The monoisotopic (exact) mass is 263 g/mol. The number of hydrogen-bond acceptors (Lipinski definition) is 3. The maximum absolute atomic E-state index is 11.8.